The number of nitrogens with zero attached hydrogens (tertiary/aromatic N) is 1. The van der Waals surface area contributed by atoms with Crippen LogP contribution in [0.5, 0.6) is 5.75 Å². The first-order valence-corrected chi connectivity index (χ1v) is 9.41. The lowest BCUT2D eigenvalue weighted by atomic mass is 9.92. The molecule has 0 saturated carbocycles. The van der Waals surface area contributed by atoms with Gasteiger partial charge in [0.05, 0.1) is 17.3 Å². The number of pyridine rings is 1. The van der Waals surface area contributed by atoms with E-state index >= 15 is 0 Å². The summed E-state index contributed by atoms with van der Waals surface area (Å²) in [6.45, 7) is 0. The van der Waals surface area contributed by atoms with E-state index in [0.29, 0.717) is 27.8 Å². The number of amides is 1. The van der Waals surface area contributed by atoms with Crippen molar-refractivity contribution in [2.75, 3.05) is 5.32 Å². The van der Waals surface area contributed by atoms with Gasteiger partial charge in [-0.05, 0) is 47.6 Å². The van der Waals surface area contributed by atoms with Gasteiger partial charge in [0, 0.05) is 6.20 Å². The van der Waals surface area contributed by atoms with Gasteiger partial charge in [-0.3, -0.25) is 4.79 Å². The molecule has 6 nitrogen and oxygen atoms in total. The molecule has 0 radical (unpaired) electrons. The fourth-order valence-corrected chi connectivity index (χ4v) is 3.44. The Hall–Kier alpha value is -3.71. The summed E-state index contributed by atoms with van der Waals surface area (Å²) in [5.41, 5.74) is 2.60. The Morgan fingerprint density at radius 1 is 1.03 bits per heavy atom. The number of phenolic OH excluding ortho intramolecular Hbond substituents is 1. The van der Waals surface area contributed by atoms with Crippen LogP contribution >= 0.6 is 12.2 Å². The lowest BCUT2D eigenvalue weighted by Gasteiger charge is -2.31. The maximum atomic E-state index is 13.3. The van der Waals surface area contributed by atoms with E-state index in [1.807, 2.05) is 36.4 Å². The number of hydrogen-bond acceptors (Lipinski definition) is 4. The number of aromatic hydroxyl groups is 1. The highest BCUT2D eigenvalue weighted by Crippen LogP contribution is 2.33. The van der Waals surface area contributed by atoms with Crippen LogP contribution in [-0.4, -0.2) is 21.1 Å². The summed E-state index contributed by atoms with van der Waals surface area (Å²) in [5, 5.41) is 19.5. The highest BCUT2D eigenvalue weighted by molar-refractivity contribution is 7.80. The number of benzene rings is 2. The first-order valence-electron chi connectivity index (χ1n) is 9.00. The Balaban J connectivity index is 1.85. The molecule has 2 heterocycles. The van der Waals surface area contributed by atoms with Crippen molar-refractivity contribution in [3.8, 4) is 5.75 Å². The number of carbonyl (C=O) groups is 1. The number of phenols is 1. The molecule has 0 bridgehead atoms. The maximum Gasteiger partial charge on any atom is 0.257 e. The summed E-state index contributed by atoms with van der Waals surface area (Å²) in [7, 11) is 0. The molecule has 7 heteroatoms. The molecule has 0 aliphatic carbocycles. The number of aromatic nitrogens is 1. The SMILES string of the molecule is O=C(Nc1ccccn1)C1=C(c2ccccc2)NC(=S)N[C@@H]1c1cccc(O)c1. The minimum Gasteiger partial charge on any atom is -0.508 e. The topological polar surface area (TPSA) is 86.3 Å². The molecule has 4 N–H and O–H groups in total. The van der Waals surface area contributed by atoms with Gasteiger partial charge in [0.25, 0.3) is 5.91 Å². The van der Waals surface area contributed by atoms with Gasteiger partial charge >= 0.3 is 0 Å². The van der Waals surface area contributed by atoms with Gasteiger partial charge in [-0.1, -0.05) is 48.5 Å². The molecule has 1 aromatic heterocycles. The summed E-state index contributed by atoms with van der Waals surface area (Å²) in [6.07, 6.45) is 1.61. The van der Waals surface area contributed by atoms with Crippen molar-refractivity contribution in [3.05, 3.63) is 95.7 Å². The number of anilines is 1. The zero-order valence-electron chi connectivity index (χ0n) is 15.3. The summed E-state index contributed by atoms with van der Waals surface area (Å²) in [6, 6.07) is 21.0. The fraction of sp³-hybridized carbons (Fsp3) is 0.0455. The van der Waals surface area contributed by atoms with Crippen LogP contribution in [-0.2, 0) is 4.79 Å². The Morgan fingerprint density at radius 2 is 1.83 bits per heavy atom. The number of carbonyl (C=O) groups excluding carboxylic acids is 1. The van der Waals surface area contributed by atoms with Gasteiger partial charge in [0.2, 0.25) is 0 Å². The molecule has 1 atom stereocenters. The van der Waals surface area contributed by atoms with Crippen molar-refractivity contribution in [1.82, 2.24) is 15.6 Å². The van der Waals surface area contributed by atoms with Gasteiger partial charge in [0.15, 0.2) is 5.11 Å². The van der Waals surface area contributed by atoms with E-state index in [1.54, 1.807) is 42.6 Å². The van der Waals surface area contributed by atoms with Crippen molar-refractivity contribution >= 4 is 34.8 Å². The van der Waals surface area contributed by atoms with Crippen molar-refractivity contribution in [2.24, 2.45) is 0 Å². The monoisotopic (exact) mass is 402 g/mol. The number of thiocarbonyl (C=S) groups is 1. The Morgan fingerprint density at radius 3 is 2.55 bits per heavy atom. The van der Waals surface area contributed by atoms with E-state index in [9.17, 15) is 9.90 Å². The second-order valence-electron chi connectivity index (χ2n) is 6.45. The van der Waals surface area contributed by atoms with Gasteiger partial charge < -0.3 is 21.1 Å². The van der Waals surface area contributed by atoms with Gasteiger partial charge in [0.1, 0.15) is 11.6 Å². The van der Waals surface area contributed by atoms with Crippen molar-refractivity contribution in [3.63, 3.8) is 0 Å². The predicted molar refractivity (Wildman–Crippen MR) is 116 cm³/mol. The highest BCUT2D eigenvalue weighted by Gasteiger charge is 2.32. The van der Waals surface area contributed by atoms with Crippen molar-refractivity contribution < 1.29 is 9.90 Å². The minimum atomic E-state index is -0.547. The van der Waals surface area contributed by atoms with Gasteiger partial charge in [-0.15, -0.1) is 0 Å². The van der Waals surface area contributed by atoms with Gasteiger partial charge in [-0.25, -0.2) is 4.98 Å². The molecule has 0 fully saturated rings. The molecule has 2 aromatic carbocycles. The lowest BCUT2D eigenvalue weighted by Crippen LogP contribution is -2.45. The summed E-state index contributed by atoms with van der Waals surface area (Å²) >= 11 is 5.40. The second kappa shape index (κ2) is 8.12. The van der Waals surface area contributed by atoms with E-state index in [4.69, 9.17) is 12.2 Å². The van der Waals surface area contributed by atoms with Crippen LogP contribution in [0, 0.1) is 0 Å². The average Bonchev–Trinajstić information content (AvgIpc) is 2.74. The molecule has 0 unspecified atom stereocenters. The van der Waals surface area contributed by atoms with E-state index in [1.165, 1.54) is 0 Å². The molecule has 1 amide bonds. The Kier molecular flexibility index (Phi) is 5.22. The molecule has 0 spiro atoms. The number of hydrogen-bond donors (Lipinski definition) is 4. The lowest BCUT2D eigenvalue weighted by molar-refractivity contribution is -0.113. The van der Waals surface area contributed by atoms with Crippen LogP contribution in [0.25, 0.3) is 5.70 Å². The number of rotatable bonds is 4. The van der Waals surface area contributed by atoms with Crippen LogP contribution in [0.1, 0.15) is 17.2 Å². The summed E-state index contributed by atoms with van der Waals surface area (Å²) < 4.78 is 0. The van der Waals surface area contributed by atoms with Gasteiger partial charge in [-0.2, -0.15) is 0 Å². The van der Waals surface area contributed by atoms with Crippen molar-refractivity contribution in [1.29, 1.82) is 0 Å². The smallest absolute Gasteiger partial charge is 0.257 e. The van der Waals surface area contributed by atoms with Crippen LogP contribution in [0.3, 0.4) is 0 Å². The predicted octanol–water partition coefficient (Wildman–Crippen LogP) is 3.36. The first-order chi connectivity index (χ1) is 14.1. The Labute approximate surface area is 173 Å². The summed E-state index contributed by atoms with van der Waals surface area (Å²) in [5.74, 6) is 0.234. The van der Waals surface area contributed by atoms with Crippen LogP contribution in [0.2, 0.25) is 0 Å². The van der Waals surface area contributed by atoms with Crippen LogP contribution < -0.4 is 16.0 Å². The zero-order chi connectivity index (χ0) is 20.2. The molecule has 144 valence electrons. The highest BCUT2D eigenvalue weighted by atomic mass is 32.1. The average molecular weight is 402 g/mol. The van der Waals surface area contributed by atoms with Crippen molar-refractivity contribution in [2.45, 2.75) is 6.04 Å². The largest absolute Gasteiger partial charge is 0.508 e. The molecule has 4 rings (SSSR count). The Bertz CT molecular complexity index is 1080. The molecular formula is C22H18N4O2S. The maximum absolute atomic E-state index is 13.3. The third-order valence-corrected chi connectivity index (χ3v) is 4.71. The molecule has 0 saturated heterocycles. The third kappa shape index (κ3) is 4.09. The molecule has 1 aliphatic rings. The quantitative estimate of drug-likeness (QED) is 0.501. The van der Waals surface area contributed by atoms with E-state index in [0.717, 1.165) is 5.56 Å². The second-order valence-corrected chi connectivity index (χ2v) is 6.86. The number of nitrogens with one attached hydrogen (secondary N) is 3. The van der Waals surface area contributed by atoms with E-state index in [-0.39, 0.29) is 11.7 Å². The first kappa shape index (κ1) is 18.6. The van der Waals surface area contributed by atoms with E-state index in [2.05, 4.69) is 20.9 Å². The minimum absolute atomic E-state index is 0.111. The van der Waals surface area contributed by atoms with Crippen LogP contribution in [0.4, 0.5) is 5.82 Å². The molecule has 3 aromatic rings. The summed E-state index contributed by atoms with van der Waals surface area (Å²) in [4.78, 5) is 17.5. The van der Waals surface area contributed by atoms with Crippen LogP contribution in [0.15, 0.2) is 84.6 Å². The third-order valence-electron chi connectivity index (χ3n) is 4.49. The molecule has 1 aliphatic heterocycles. The normalized spacial score (nSPS) is 16.0. The fourth-order valence-electron chi connectivity index (χ4n) is 3.22. The zero-order valence-corrected chi connectivity index (χ0v) is 16.1. The molecule has 29 heavy (non-hydrogen) atoms. The molecular weight excluding hydrogens is 384 g/mol. The standard InChI is InChI=1S/C22H18N4O2S/c27-16-10-6-9-15(13-16)20-18(21(28)24-17-11-4-5-12-23-17)19(25-22(29)26-20)14-7-2-1-3-8-14/h1-13,20,27H,(H,23,24,28)(H2,25,26,29)/t20-/m1/s1. The van der Waals surface area contributed by atoms with E-state index < -0.39 is 6.04 Å².